The topological polar surface area (TPSA) is 16.8 Å². The van der Waals surface area contributed by atoms with Gasteiger partial charge in [-0.25, -0.2) is 9.24 Å². The van der Waals surface area contributed by atoms with E-state index < -0.39 is 5.60 Å². The first-order valence-corrected chi connectivity index (χ1v) is 15.5. The van der Waals surface area contributed by atoms with Gasteiger partial charge >= 0.3 is 0 Å². The van der Waals surface area contributed by atoms with Crippen LogP contribution in [0.1, 0.15) is 60.9 Å². The molecule has 0 aromatic heterocycles. The van der Waals surface area contributed by atoms with E-state index in [2.05, 4.69) is 90.3 Å². The highest BCUT2D eigenvalue weighted by atomic mass is 19.1. The Bertz CT molecular complexity index is 2010. The summed E-state index contributed by atoms with van der Waals surface area (Å²) < 4.78 is 21.5. The van der Waals surface area contributed by atoms with Gasteiger partial charge in [0.05, 0.1) is 6.57 Å². The predicted molar refractivity (Wildman–Crippen MR) is 177 cm³/mol. The van der Waals surface area contributed by atoms with Crippen LogP contribution < -0.4 is 9.64 Å². The average molecular weight is 577 g/mol. The lowest BCUT2D eigenvalue weighted by atomic mass is 9.76. The van der Waals surface area contributed by atoms with E-state index in [-0.39, 0.29) is 11.2 Å². The first-order valence-electron chi connectivity index (χ1n) is 15.5. The maximum absolute atomic E-state index is 14.2. The van der Waals surface area contributed by atoms with Gasteiger partial charge in [-0.3, -0.25) is 0 Å². The van der Waals surface area contributed by atoms with Crippen molar-refractivity contribution >= 4 is 28.2 Å². The van der Waals surface area contributed by atoms with E-state index in [1.54, 1.807) is 0 Å². The number of rotatable bonds is 3. The molecule has 0 spiro atoms. The minimum Gasteiger partial charge on any atom is -0.472 e. The van der Waals surface area contributed by atoms with Crippen molar-refractivity contribution < 1.29 is 9.13 Å². The SMILES string of the molecule is [C-]#[N+]c1ccc2c(c1)C(C)(C)c1c3c(c4ccccc4c1-2)OC(c1ccc(F)cc1)(c1ccc(N2CCCCC2)cc1)C=C3. The minimum atomic E-state index is -0.939. The molecule has 0 bridgehead atoms. The fourth-order valence-electron chi connectivity index (χ4n) is 7.74. The normalized spacial score (nSPS) is 19.5. The van der Waals surface area contributed by atoms with Crippen LogP contribution in [0.5, 0.6) is 5.75 Å². The summed E-state index contributed by atoms with van der Waals surface area (Å²) in [4.78, 5) is 6.20. The zero-order valence-corrected chi connectivity index (χ0v) is 25.0. The Hall–Kier alpha value is -4.88. The summed E-state index contributed by atoms with van der Waals surface area (Å²) in [5.74, 6) is 0.559. The Kier molecular flexibility index (Phi) is 5.97. The van der Waals surface area contributed by atoms with Crippen LogP contribution in [0.15, 0.2) is 97.1 Å². The zero-order chi connectivity index (χ0) is 30.1. The number of piperidine rings is 1. The van der Waals surface area contributed by atoms with Gasteiger partial charge in [-0.05, 0) is 77.2 Å². The molecule has 1 saturated heterocycles. The highest BCUT2D eigenvalue weighted by Gasteiger charge is 2.44. The highest BCUT2D eigenvalue weighted by molar-refractivity contribution is 6.08. The molecule has 44 heavy (non-hydrogen) atoms. The van der Waals surface area contributed by atoms with Gasteiger partial charge in [0.2, 0.25) is 0 Å². The molecular weight excluding hydrogens is 543 g/mol. The molecule has 4 heteroatoms. The summed E-state index contributed by atoms with van der Waals surface area (Å²) in [5.41, 5.74) is 8.31. The molecule has 1 unspecified atom stereocenters. The lowest BCUT2D eigenvalue weighted by Gasteiger charge is -2.38. The van der Waals surface area contributed by atoms with Crippen LogP contribution in [0.4, 0.5) is 15.8 Å². The van der Waals surface area contributed by atoms with Crippen LogP contribution in [0.25, 0.3) is 32.8 Å². The molecule has 5 aromatic rings. The smallest absolute Gasteiger partial charge is 0.187 e. The van der Waals surface area contributed by atoms with Crippen molar-refractivity contribution in [3.63, 3.8) is 0 Å². The molecule has 3 nitrogen and oxygen atoms in total. The summed E-state index contributed by atoms with van der Waals surface area (Å²) in [6.07, 6.45) is 8.11. The van der Waals surface area contributed by atoms with E-state index in [1.807, 2.05) is 24.3 Å². The third-order valence-electron chi connectivity index (χ3n) is 9.94. The number of hydrogen-bond donors (Lipinski definition) is 0. The third kappa shape index (κ3) is 3.85. The average Bonchev–Trinajstić information content (AvgIpc) is 3.31. The second-order valence-electron chi connectivity index (χ2n) is 12.8. The standard InChI is InChI=1S/C40H33FN2O/c1-39(2)35-25-29(42-3)17-20-33(35)36-31-9-5-6-10-32(31)38-34(37(36)39)21-22-40(44-38,26-11-15-28(41)16-12-26)27-13-18-30(19-14-27)43-23-7-4-8-24-43/h5-6,9-22,25H,4,7-8,23-24H2,1-2H3. The van der Waals surface area contributed by atoms with Crippen molar-refractivity contribution in [2.45, 2.75) is 44.1 Å². The summed E-state index contributed by atoms with van der Waals surface area (Å²) in [6.45, 7) is 14.3. The minimum absolute atomic E-state index is 0.272. The van der Waals surface area contributed by atoms with Crippen molar-refractivity contribution in [2.24, 2.45) is 0 Å². The first kappa shape index (κ1) is 26.7. The molecule has 0 amide bonds. The third-order valence-corrected chi connectivity index (χ3v) is 9.94. The fraction of sp³-hybridized carbons (Fsp3) is 0.225. The first-order chi connectivity index (χ1) is 21.4. The maximum atomic E-state index is 14.2. The second-order valence-corrected chi connectivity index (χ2v) is 12.8. The van der Waals surface area contributed by atoms with Gasteiger partial charge in [0, 0.05) is 46.3 Å². The van der Waals surface area contributed by atoms with Crippen LogP contribution in [0.3, 0.4) is 0 Å². The Labute approximate surface area is 258 Å². The molecule has 3 aliphatic rings. The summed E-state index contributed by atoms with van der Waals surface area (Å²) in [7, 11) is 0. The number of anilines is 1. The summed E-state index contributed by atoms with van der Waals surface area (Å²) in [5, 5.41) is 2.17. The van der Waals surface area contributed by atoms with Gasteiger partial charge in [-0.1, -0.05) is 86.7 Å². The Balaban J connectivity index is 1.35. The molecule has 2 aliphatic heterocycles. The van der Waals surface area contributed by atoms with E-state index in [0.717, 1.165) is 51.9 Å². The number of hydrogen-bond acceptors (Lipinski definition) is 2. The van der Waals surface area contributed by atoms with Crippen LogP contribution in [0.2, 0.25) is 0 Å². The molecule has 1 aliphatic carbocycles. The number of benzene rings is 5. The number of nitrogens with zero attached hydrogens (tertiary/aromatic N) is 2. The van der Waals surface area contributed by atoms with Crippen molar-refractivity contribution in [1.82, 2.24) is 0 Å². The lowest BCUT2D eigenvalue weighted by molar-refractivity contribution is 0.163. The number of fused-ring (bicyclic) bond motifs is 8. The monoisotopic (exact) mass is 576 g/mol. The van der Waals surface area contributed by atoms with Crippen LogP contribution in [0, 0.1) is 12.4 Å². The molecular formula is C40H33FN2O. The molecule has 216 valence electrons. The highest BCUT2D eigenvalue weighted by Crippen LogP contribution is 2.58. The summed E-state index contributed by atoms with van der Waals surface area (Å²) >= 11 is 0. The van der Waals surface area contributed by atoms with Gasteiger partial charge in [-0.2, -0.15) is 0 Å². The zero-order valence-electron chi connectivity index (χ0n) is 25.0. The molecule has 1 fully saturated rings. The quantitative estimate of drug-likeness (QED) is 0.199. The maximum Gasteiger partial charge on any atom is 0.187 e. The second kappa shape index (κ2) is 9.82. The Morgan fingerprint density at radius 2 is 1.50 bits per heavy atom. The molecule has 1 atom stereocenters. The fourth-order valence-corrected chi connectivity index (χ4v) is 7.74. The van der Waals surface area contributed by atoms with Gasteiger partial charge in [0.25, 0.3) is 0 Å². The number of ether oxygens (including phenoxy) is 1. The number of halogens is 1. The van der Waals surface area contributed by atoms with Crippen molar-refractivity contribution in [1.29, 1.82) is 0 Å². The Morgan fingerprint density at radius 3 is 2.20 bits per heavy atom. The molecule has 0 N–H and O–H groups in total. The molecule has 2 heterocycles. The molecule has 0 saturated carbocycles. The Morgan fingerprint density at radius 1 is 0.818 bits per heavy atom. The molecule has 8 rings (SSSR count). The van der Waals surface area contributed by atoms with Crippen molar-refractivity contribution in [2.75, 3.05) is 18.0 Å². The predicted octanol–water partition coefficient (Wildman–Crippen LogP) is 10.2. The van der Waals surface area contributed by atoms with E-state index in [9.17, 15) is 4.39 Å². The van der Waals surface area contributed by atoms with E-state index >= 15 is 0 Å². The summed E-state index contributed by atoms with van der Waals surface area (Å²) in [6, 6.07) is 30.0. The van der Waals surface area contributed by atoms with E-state index in [1.165, 1.54) is 53.8 Å². The van der Waals surface area contributed by atoms with Gasteiger partial charge in [0.1, 0.15) is 11.6 Å². The largest absolute Gasteiger partial charge is 0.472 e. The van der Waals surface area contributed by atoms with Gasteiger partial charge in [-0.15, -0.1) is 0 Å². The molecule has 5 aromatic carbocycles. The van der Waals surface area contributed by atoms with Crippen molar-refractivity contribution in [3.05, 3.63) is 142 Å². The van der Waals surface area contributed by atoms with Gasteiger partial charge < -0.3 is 9.64 Å². The van der Waals surface area contributed by atoms with E-state index in [4.69, 9.17) is 11.3 Å². The van der Waals surface area contributed by atoms with Gasteiger partial charge in [0.15, 0.2) is 11.3 Å². The van der Waals surface area contributed by atoms with Crippen LogP contribution in [-0.2, 0) is 11.0 Å². The van der Waals surface area contributed by atoms with Crippen LogP contribution in [-0.4, -0.2) is 13.1 Å². The van der Waals surface area contributed by atoms with E-state index in [0.29, 0.717) is 5.69 Å². The van der Waals surface area contributed by atoms with Crippen LogP contribution >= 0.6 is 0 Å². The molecule has 0 radical (unpaired) electrons. The van der Waals surface area contributed by atoms with Crippen molar-refractivity contribution in [3.8, 4) is 16.9 Å². The lowest BCUT2D eigenvalue weighted by Crippen LogP contribution is -2.35.